The van der Waals surface area contributed by atoms with Crippen molar-refractivity contribution in [2.45, 2.75) is 0 Å². The molecule has 0 aromatic heterocycles. The molecule has 0 spiro atoms. The number of carbonyl (C=O) groups is 2. The van der Waals surface area contributed by atoms with Crippen LogP contribution in [0.5, 0.6) is 0 Å². The van der Waals surface area contributed by atoms with Gasteiger partial charge in [-0.05, 0) is 50.1 Å². The highest BCUT2D eigenvalue weighted by atomic mass is 79.9. The normalized spacial score (nSPS) is 13.8. The van der Waals surface area contributed by atoms with Crippen LogP contribution in [0.2, 0.25) is 10.0 Å². The third-order valence-electron chi connectivity index (χ3n) is 3.11. The summed E-state index contributed by atoms with van der Waals surface area (Å²) in [7, 11) is 0. The van der Waals surface area contributed by atoms with Crippen molar-refractivity contribution in [3.05, 3.63) is 60.4 Å². The fraction of sp³-hybridized carbons (Fsp3) is 0. The third-order valence-corrected chi connectivity index (χ3v) is 5.42. The van der Waals surface area contributed by atoms with Crippen molar-refractivity contribution in [3.8, 4) is 0 Å². The van der Waals surface area contributed by atoms with Crippen LogP contribution in [0.1, 0.15) is 20.7 Å². The molecule has 1 aliphatic heterocycles. The Morgan fingerprint density at radius 2 is 1.38 bits per heavy atom. The van der Waals surface area contributed by atoms with Gasteiger partial charge < -0.3 is 0 Å². The minimum Gasteiger partial charge on any atom is -0.268 e. The van der Waals surface area contributed by atoms with E-state index in [1.807, 2.05) is 0 Å². The van der Waals surface area contributed by atoms with Gasteiger partial charge in [0.2, 0.25) is 0 Å². The molecular weight excluding hydrogens is 445 g/mol. The predicted octanol–water partition coefficient (Wildman–Crippen LogP) is 5.32. The van der Waals surface area contributed by atoms with E-state index in [9.17, 15) is 9.59 Å². The average Bonchev–Trinajstić information content (AvgIpc) is 2.71. The van der Waals surface area contributed by atoms with Gasteiger partial charge in [-0.25, -0.2) is 4.90 Å². The number of anilines is 1. The van der Waals surface area contributed by atoms with Crippen molar-refractivity contribution in [2.24, 2.45) is 0 Å². The van der Waals surface area contributed by atoms with Gasteiger partial charge in [0.05, 0.1) is 26.9 Å². The maximum Gasteiger partial charge on any atom is 0.266 e. The molecule has 0 N–H and O–H groups in total. The summed E-state index contributed by atoms with van der Waals surface area (Å²) in [6.07, 6.45) is 0. The molecule has 2 aromatic rings. The summed E-state index contributed by atoms with van der Waals surface area (Å²) in [5.41, 5.74) is 0.949. The maximum atomic E-state index is 12.5. The summed E-state index contributed by atoms with van der Waals surface area (Å²) in [4.78, 5) is 26.0. The van der Waals surface area contributed by atoms with Crippen LogP contribution < -0.4 is 4.90 Å². The maximum absolute atomic E-state index is 12.5. The minimum atomic E-state index is -0.420. The SMILES string of the molecule is O=C1c2ccccc2C(=O)N1c1c(Br)cc(Br)c(Cl)c1Cl. The molecule has 106 valence electrons. The second-order valence-electron chi connectivity index (χ2n) is 4.31. The fourth-order valence-electron chi connectivity index (χ4n) is 2.15. The van der Waals surface area contributed by atoms with Crippen LogP contribution in [-0.2, 0) is 0 Å². The number of nitrogens with zero attached hydrogens (tertiary/aromatic N) is 1. The average molecular weight is 450 g/mol. The summed E-state index contributed by atoms with van der Waals surface area (Å²) < 4.78 is 1.07. The van der Waals surface area contributed by atoms with Crippen molar-refractivity contribution in [2.75, 3.05) is 4.90 Å². The lowest BCUT2D eigenvalue weighted by Crippen LogP contribution is -2.30. The number of hydrogen-bond donors (Lipinski definition) is 0. The molecule has 2 amide bonds. The van der Waals surface area contributed by atoms with Crippen molar-refractivity contribution in [1.29, 1.82) is 0 Å². The predicted molar refractivity (Wildman–Crippen MR) is 89.4 cm³/mol. The van der Waals surface area contributed by atoms with E-state index in [-0.39, 0.29) is 15.7 Å². The molecular formula is C14H5Br2Cl2NO2. The van der Waals surface area contributed by atoms with E-state index >= 15 is 0 Å². The zero-order chi connectivity index (χ0) is 15.3. The van der Waals surface area contributed by atoms with E-state index in [2.05, 4.69) is 31.9 Å². The van der Waals surface area contributed by atoms with Gasteiger partial charge in [-0.3, -0.25) is 9.59 Å². The van der Waals surface area contributed by atoms with Crippen LogP contribution in [0.15, 0.2) is 39.3 Å². The van der Waals surface area contributed by atoms with Gasteiger partial charge in [0.15, 0.2) is 0 Å². The standard InChI is InChI=1S/C14H5Br2Cl2NO2/c15-8-5-9(16)12(11(18)10(8)17)19-13(20)6-3-1-2-4-7(6)14(19)21/h1-5H. The first-order chi connectivity index (χ1) is 9.93. The van der Waals surface area contributed by atoms with Crippen molar-refractivity contribution in [3.63, 3.8) is 0 Å². The lowest BCUT2D eigenvalue weighted by molar-refractivity contribution is 0.0926. The van der Waals surface area contributed by atoms with Gasteiger partial charge in [0.1, 0.15) is 0 Å². The van der Waals surface area contributed by atoms with Gasteiger partial charge in [-0.15, -0.1) is 0 Å². The number of rotatable bonds is 1. The van der Waals surface area contributed by atoms with Crippen LogP contribution in [0.4, 0.5) is 5.69 Å². The second-order valence-corrected chi connectivity index (χ2v) is 6.77. The Bertz CT molecular complexity index is 773. The zero-order valence-corrected chi connectivity index (χ0v) is 14.8. The topological polar surface area (TPSA) is 37.4 Å². The van der Waals surface area contributed by atoms with E-state index in [1.54, 1.807) is 30.3 Å². The molecule has 7 heteroatoms. The molecule has 21 heavy (non-hydrogen) atoms. The van der Waals surface area contributed by atoms with Crippen LogP contribution in [-0.4, -0.2) is 11.8 Å². The number of imide groups is 1. The Hall–Kier alpha value is -0.880. The fourth-order valence-corrected chi connectivity index (χ4v) is 4.15. The van der Waals surface area contributed by atoms with E-state index in [4.69, 9.17) is 23.2 Å². The number of halogens is 4. The number of fused-ring (bicyclic) bond motifs is 1. The van der Waals surface area contributed by atoms with Crippen LogP contribution in [0.3, 0.4) is 0 Å². The molecule has 0 saturated heterocycles. The van der Waals surface area contributed by atoms with E-state index in [1.165, 1.54) is 0 Å². The first-order valence-electron chi connectivity index (χ1n) is 5.74. The zero-order valence-electron chi connectivity index (χ0n) is 10.2. The highest BCUT2D eigenvalue weighted by molar-refractivity contribution is 9.11. The highest BCUT2D eigenvalue weighted by Gasteiger charge is 2.38. The molecule has 0 bridgehead atoms. The Balaban J connectivity index is 2.23. The van der Waals surface area contributed by atoms with E-state index in [0.29, 0.717) is 20.1 Å². The minimum absolute atomic E-state index is 0.132. The van der Waals surface area contributed by atoms with Gasteiger partial charge >= 0.3 is 0 Å². The third kappa shape index (κ3) is 2.23. The molecule has 0 atom stereocenters. The largest absolute Gasteiger partial charge is 0.268 e. The summed E-state index contributed by atoms with van der Waals surface area (Å²) in [6.45, 7) is 0. The molecule has 1 aliphatic rings. The molecule has 3 rings (SSSR count). The highest BCUT2D eigenvalue weighted by Crippen LogP contribution is 2.45. The molecule has 0 unspecified atom stereocenters. The van der Waals surface area contributed by atoms with E-state index < -0.39 is 11.8 Å². The molecule has 0 saturated carbocycles. The van der Waals surface area contributed by atoms with Gasteiger partial charge in [-0.1, -0.05) is 35.3 Å². The lowest BCUT2D eigenvalue weighted by Gasteiger charge is -2.18. The number of carbonyl (C=O) groups excluding carboxylic acids is 2. The van der Waals surface area contributed by atoms with Gasteiger partial charge in [-0.2, -0.15) is 0 Å². The molecule has 1 heterocycles. The number of hydrogen-bond acceptors (Lipinski definition) is 2. The Labute approximate surface area is 147 Å². The summed E-state index contributed by atoms with van der Waals surface area (Å²) >= 11 is 18.9. The quantitative estimate of drug-likeness (QED) is 0.336. The summed E-state index contributed by atoms with van der Waals surface area (Å²) in [5, 5.41) is 0.374. The Morgan fingerprint density at radius 3 is 1.90 bits per heavy atom. The number of amides is 2. The lowest BCUT2D eigenvalue weighted by atomic mass is 10.1. The summed E-state index contributed by atoms with van der Waals surface area (Å²) in [5.74, 6) is -0.840. The molecule has 0 radical (unpaired) electrons. The smallest absolute Gasteiger partial charge is 0.266 e. The second kappa shape index (κ2) is 5.39. The van der Waals surface area contributed by atoms with Crippen molar-refractivity contribution < 1.29 is 9.59 Å². The van der Waals surface area contributed by atoms with Crippen LogP contribution in [0.25, 0.3) is 0 Å². The van der Waals surface area contributed by atoms with Crippen molar-refractivity contribution in [1.82, 2.24) is 0 Å². The van der Waals surface area contributed by atoms with Gasteiger partial charge in [0.25, 0.3) is 11.8 Å². The van der Waals surface area contributed by atoms with Crippen LogP contribution >= 0.6 is 55.1 Å². The summed E-state index contributed by atoms with van der Waals surface area (Å²) in [6, 6.07) is 8.28. The van der Waals surface area contributed by atoms with Gasteiger partial charge in [0, 0.05) is 8.95 Å². The molecule has 0 fully saturated rings. The Morgan fingerprint density at radius 1 is 0.857 bits per heavy atom. The molecule has 3 nitrogen and oxygen atoms in total. The van der Waals surface area contributed by atoms with Crippen LogP contribution in [0, 0.1) is 0 Å². The molecule has 2 aromatic carbocycles. The Kier molecular flexibility index (Phi) is 3.86. The first kappa shape index (κ1) is 15.0. The molecule has 0 aliphatic carbocycles. The monoisotopic (exact) mass is 447 g/mol. The van der Waals surface area contributed by atoms with Crippen molar-refractivity contribution >= 4 is 72.6 Å². The first-order valence-corrected chi connectivity index (χ1v) is 8.08. The number of benzene rings is 2. The van der Waals surface area contributed by atoms with E-state index in [0.717, 1.165) is 4.90 Å².